The molecule has 0 amide bonds. The molecule has 2 fully saturated rings. The van der Waals surface area contributed by atoms with Crippen LogP contribution in [-0.2, 0) is 0 Å². The average molecular weight is 318 g/mol. The van der Waals surface area contributed by atoms with Gasteiger partial charge in [-0.25, -0.2) is 0 Å². The van der Waals surface area contributed by atoms with Crippen LogP contribution in [0, 0.1) is 0 Å². The highest BCUT2D eigenvalue weighted by molar-refractivity contribution is 7.80. The minimum absolute atomic E-state index is 0.520. The first-order chi connectivity index (χ1) is 10.8. The minimum atomic E-state index is 0.520. The number of benzene rings is 1. The van der Waals surface area contributed by atoms with E-state index in [1.807, 2.05) is 30.3 Å². The Labute approximate surface area is 139 Å². The minimum Gasteiger partial charge on any atom is -0.360 e. The van der Waals surface area contributed by atoms with Crippen molar-refractivity contribution in [1.82, 2.24) is 10.2 Å². The second-order valence-electron chi connectivity index (χ2n) is 6.61. The molecule has 0 unspecified atom stereocenters. The summed E-state index contributed by atoms with van der Waals surface area (Å²) in [4.78, 5) is 2.76. The van der Waals surface area contributed by atoms with Crippen LogP contribution in [0.4, 0.5) is 5.69 Å². The number of fused-ring (bicyclic) bond motifs is 2. The van der Waals surface area contributed by atoms with Gasteiger partial charge in [0.25, 0.3) is 0 Å². The first-order valence-electron chi connectivity index (χ1n) is 8.64. The topological polar surface area (TPSA) is 27.3 Å². The molecular formula is C18H27N3S. The summed E-state index contributed by atoms with van der Waals surface area (Å²) in [7, 11) is 0. The molecule has 2 aliphatic rings. The van der Waals surface area contributed by atoms with Crippen molar-refractivity contribution in [2.45, 2.75) is 63.6 Å². The van der Waals surface area contributed by atoms with Crippen molar-refractivity contribution >= 4 is 23.0 Å². The zero-order valence-corrected chi connectivity index (χ0v) is 14.2. The quantitative estimate of drug-likeness (QED) is 0.827. The molecule has 4 heteroatoms. The normalized spacial score (nSPS) is 28.1. The van der Waals surface area contributed by atoms with Gasteiger partial charge in [-0.3, -0.25) is 4.90 Å². The number of nitrogens with one attached hydrogen (secondary N) is 2. The number of hydrogen-bond acceptors (Lipinski definition) is 2. The molecule has 0 aromatic heterocycles. The standard InChI is InChI=1S/C18H27N3S/c1-2-11-21-16-9-6-10-17(21)13-15(12-16)20-18(22)19-14-7-4-3-5-8-14/h3-5,7-8,15-17H,2,6,9-13H2,1H3,(H2,19,20,22)/t16-,17-/m0/s1. The highest BCUT2D eigenvalue weighted by Gasteiger charge is 2.37. The lowest BCUT2D eigenvalue weighted by atomic mass is 9.81. The Morgan fingerprint density at radius 1 is 1.18 bits per heavy atom. The molecule has 2 bridgehead atoms. The average Bonchev–Trinajstić information content (AvgIpc) is 2.49. The Morgan fingerprint density at radius 3 is 2.50 bits per heavy atom. The van der Waals surface area contributed by atoms with Crippen LogP contribution in [-0.4, -0.2) is 34.7 Å². The van der Waals surface area contributed by atoms with E-state index < -0.39 is 0 Å². The van der Waals surface area contributed by atoms with E-state index in [9.17, 15) is 0 Å². The molecule has 0 radical (unpaired) electrons. The summed E-state index contributed by atoms with van der Waals surface area (Å²) in [6, 6.07) is 12.2. The predicted octanol–water partition coefficient (Wildman–Crippen LogP) is 3.77. The highest BCUT2D eigenvalue weighted by Crippen LogP contribution is 2.34. The van der Waals surface area contributed by atoms with Crippen LogP contribution in [0.15, 0.2) is 30.3 Å². The zero-order valence-electron chi connectivity index (χ0n) is 13.4. The number of rotatable bonds is 4. The molecule has 2 N–H and O–H groups in total. The van der Waals surface area contributed by atoms with E-state index in [-0.39, 0.29) is 0 Å². The lowest BCUT2D eigenvalue weighted by molar-refractivity contribution is 0.0284. The summed E-state index contributed by atoms with van der Waals surface area (Å²) in [5, 5.41) is 7.61. The van der Waals surface area contributed by atoms with Gasteiger partial charge >= 0.3 is 0 Å². The monoisotopic (exact) mass is 317 g/mol. The van der Waals surface area contributed by atoms with Crippen molar-refractivity contribution in [3.63, 3.8) is 0 Å². The van der Waals surface area contributed by atoms with Crippen molar-refractivity contribution in [3.05, 3.63) is 30.3 Å². The number of thiocarbonyl (C=S) groups is 1. The van der Waals surface area contributed by atoms with Crippen molar-refractivity contribution in [2.75, 3.05) is 11.9 Å². The first kappa shape index (κ1) is 15.8. The van der Waals surface area contributed by atoms with Gasteiger partial charge in [-0.1, -0.05) is 31.5 Å². The third kappa shape index (κ3) is 3.79. The van der Waals surface area contributed by atoms with Crippen LogP contribution in [0.5, 0.6) is 0 Å². The Hall–Kier alpha value is -1.13. The summed E-state index contributed by atoms with van der Waals surface area (Å²) < 4.78 is 0. The fraction of sp³-hybridized carbons (Fsp3) is 0.611. The Bertz CT molecular complexity index is 476. The van der Waals surface area contributed by atoms with Crippen LogP contribution >= 0.6 is 12.2 Å². The van der Waals surface area contributed by atoms with E-state index in [4.69, 9.17) is 12.2 Å². The maximum Gasteiger partial charge on any atom is 0.170 e. The summed E-state index contributed by atoms with van der Waals surface area (Å²) in [6.45, 7) is 3.55. The molecule has 1 aromatic carbocycles. The van der Waals surface area contributed by atoms with Gasteiger partial charge < -0.3 is 10.6 Å². The lowest BCUT2D eigenvalue weighted by Crippen LogP contribution is -2.57. The fourth-order valence-electron chi connectivity index (χ4n) is 4.09. The number of anilines is 1. The van der Waals surface area contributed by atoms with Crippen molar-refractivity contribution < 1.29 is 0 Å². The van der Waals surface area contributed by atoms with E-state index >= 15 is 0 Å². The second-order valence-corrected chi connectivity index (χ2v) is 7.02. The number of nitrogens with zero attached hydrogens (tertiary/aromatic N) is 1. The van der Waals surface area contributed by atoms with Crippen molar-refractivity contribution in [2.24, 2.45) is 0 Å². The largest absolute Gasteiger partial charge is 0.360 e. The van der Waals surface area contributed by atoms with Crippen LogP contribution in [0.25, 0.3) is 0 Å². The van der Waals surface area contributed by atoms with Gasteiger partial charge in [0.05, 0.1) is 0 Å². The van der Waals surface area contributed by atoms with Gasteiger partial charge in [0, 0.05) is 23.8 Å². The van der Waals surface area contributed by atoms with E-state index in [0.717, 1.165) is 22.9 Å². The first-order valence-corrected chi connectivity index (χ1v) is 9.05. The summed E-state index contributed by atoms with van der Waals surface area (Å²) in [5.74, 6) is 0. The van der Waals surface area contributed by atoms with Crippen LogP contribution < -0.4 is 10.6 Å². The molecule has 22 heavy (non-hydrogen) atoms. The zero-order chi connectivity index (χ0) is 15.4. The van der Waals surface area contributed by atoms with Gasteiger partial charge in [0.15, 0.2) is 5.11 Å². The van der Waals surface area contributed by atoms with Gasteiger partial charge in [0.1, 0.15) is 0 Å². The molecule has 2 atom stereocenters. The van der Waals surface area contributed by atoms with Crippen LogP contribution in [0.3, 0.4) is 0 Å². The smallest absolute Gasteiger partial charge is 0.170 e. The van der Waals surface area contributed by atoms with Crippen molar-refractivity contribution in [3.8, 4) is 0 Å². The highest BCUT2D eigenvalue weighted by atomic mass is 32.1. The van der Waals surface area contributed by atoms with E-state index in [1.165, 1.54) is 45.1 Å². The fourth-order valence-corrected chi connectivity index (χ4v) is 4.38. The molecule has 0 spiro atoms. The molecule has 2 heterocycles. The van der Waals surface area contributed by atoms with Crippen LogP contribution in [0.2, 0.25) is 0 Å². The Kier molecular flexibility index (Phi) is 5.32. The number of hydrogen-bond donors (Lipinski definition) is 2. The molecule has 2 saturated heterocycles. The lowest BCUT2D eigenvalue weighted by Gasteiger charge is -2.49. The number of para-hydroxylation sites is 1. The Morgan fingerprint density at radius 2 is 1.86 bits per heavy atom. The molecular weight excluding hydrogens is 290 g/mol. The summed E-state index contributed by atoms with van der Waals surface area (Å²) in [5.41, 5.74) is 1.06. The van der Waals surface area contributed by atoms with Gasteiger partial charge in [-0.15, -0.1) is 0 Å². The van der Waals surface area contributed by atoms with E-state index in [1.54, 1.807) is 0 Å². The molecule has 2 aliphatic heterocycles. The Balaban J connectivity index is 1.55. The number of piperidine rings is 2. The van der Waals surface area contributed by atoms with Gasteiger partial charge in [-0.05, 0) is 63.0 Å². The van der Waals surface area contributed by atoms with E-state index in [0.29, 0.717) is 6.04 Å². The van der Waals surface area contributed by atoms with Gasteiger partial charge in [0.2, 0.25) is 0 Å². The molecule has 1 aromatic rings. The van der Waals surface area contributed by atoms with Gasteiger partial charge in [-0.2, -0.15) is 0 Å². The second kappa shape index (κ2) is 7.42. The third-order valence-electron chi connectivity index (χ3n) is 4.97. The predicted molar refractivity (Wildman–Crippen MR) is 97.2 cm³/mol. The SMILES string of the molecule is CCCN1[C@H]2CCC[C@H]1CC(NC(=S)Nc1ccccc1)C2. The van der Waals surface area contributed by atoms with E-state index in [2.05, 4.69) is 22.5 Å². The maximum atomic E-state index is 5.49. The molecule has 3 nitrogen and oxygen atoms in total. The molecule has 0 saturated carbocycles. The molecule has 120 valence electrons. The molecule has 3 rings (SSSR count). The molecule has 0 aliphatic carbocycles. The van der Waals surface area contributed by atoms with Crippen LogP contribution in [0.1, 0.15) is 45.4 Å². The maximum absolute atomic E-state index is 5.49. The van der Waals surface area contributed by atoms with Crippen molar-refractivity contribution in [1.29, 1.82) is 0 Å². The third-order valence-corrected chi connectivity index (χ3v) is 5.19. The summed E-state index contributed by atoms with van der Waals surface area (Å²) >= 11 is 5.49. The summed E-state index contributed by atoms with van der Waals surface area (Å²) in [6.07, 6.45) is 7.83.